The molecule has 1 amide bonds. The van der Waals surface area contributed by atoms with Crippen LogP contribution in [0, 0.1) is 0 Å². The third-order valence-corrected chi connectivity index (χ3v) is 4.24. The Morgan fingerprint density at radius 2 is 2.16 bits per heavy atom. The van der Waals surface area contributed by atoms with Crippen LogP contribution < -0.4 is 5.32 Å². The second-order valence-electron chi connectivity index (χ2n) is 5.53. The molecular weight excluding hydrogens is 238 g/mol. The van der Waals surface area contributed by atoms with Gasteiger partial charge in [0.05, 0.1) is 0 Å². The molecule has 3 rings (SSSR count). The zero-order chi connectivity index (χ0) is 13.1. The van der Waals surface area contributed by atoms with Crippen molar-refractivity contribution in [3.8, 4) is 0 Å². The van der Waals surface area contributed by atoms with E-state index in [4.69, 9.17) is 4.74 Å². The molecule has 1 aromatic rings. The fourth-order valence-corrected chi connectivity index (χ4v) is 3.19. The maximum atomic E-state index is 12.0. The Kier molecular flexibility index (Phi) is 3.83. The Balaban J connectivity index is 1.60. The lowest BCUT2D eigenvalue weighted by Crippen LogP contribution is -2.37. The first kappa shape index (κ1) is 12.7. The van der Waals surface area contributed by atoms with Crippen molar-refractivity contribution < 1.29 is 9.53 Å². The Morgan fingerprint density at radius 1 is 1.26 bits per heavy atom. The molecule has 1 N–H and O–H groups in total. The highest BCUT2D eigenvalue weighted by Gasteiger charge is 2.25. The van der Waals surface area contributed by atoms with Crippen molar-refractivity contribution in [3.63, 3.8) is 0 Å². The lowest BCUT2D eigenvalue weighted by atomic mass is 9.83. The minimum Gasteiger partial charge on any atom is -0.368 e. The van der Waals surface area contributed by atoms with Gasteiger partial charge < -0.3 is 10.1 Å². The molecular formula is C16H21NO2. The highest BCUT2D eigenvalue weighted by molar-refractivity contribution is 5.81. The summed E-state index contributed by atoms with van der Waals surface area (Å²) >= 11 is 0. The van der Waals surface area contributed by atoms with Gasteiger partial charge in [-0.15, -0.1) is 0 Å². The van der Waals surface area contributed by atoms with E-state index in [1.54, 1.807) is 0 Å². The predicted molar refractivity (Wildman–Crippen MR) is 74.1 cm³/mol. The summed E-state index contributed by atoms with van der Waals surface area (Å²) in [7, 11) is 0. The molecule has 1 heterocycles. The number of hydrogen-bond donors (Lipinski definition) is 1. The maximum absolute atomic E-state index is 12.0. The van der Waals surface area contributed by atoms with Crippen molar-refractivity contribution in [1.82, 2.24) is 5.32 Å². The Labute approximate surface area is 114 Å². The van der Waals surface area contributed by atoms with Crippen molar-refractivity contribution in [2.24, 2.45) is 0 Å². The average Bonchev–Trinajstić information content (AvgIpc) is 2.99. The van der Waals surface area contributed by atoms with Crippen molar-refractivity contribution in [2.45, 2.75) is 44.1 Å². The van der Waals surface area contributed by atoms with Gasteiger partial charge in [-0.05, 0) is 43.2 Å². The molecule has 1 fully saturated rings. The number of carbonyl (C=O) groups is 1. The van der Waals surface area contributed by atoms with Crippen LogP contribution in [0.1, 0.15) is 42.7 Å². The number of fused-ring (bicyclic) bond motifs is 1. The van der Waals surface area contributed by atoms with Crippen LogP contribution in [0.4, 0.5) is 0 Å². The molecule has 19 heavy (non-hydrogen) atoms. The van der Waals surface area contributed by atoms with Crippen LogP contribution in [0.2, 0.25) is 0 Å². The van der Waals surface area contributed by atoms with Gasteiger partial charge >= 0.3 is 0 Å². The number of carbonyl (C=O) groups excluding carboxylic acids is 1. The van der Waals surface area contributed by atoms with Crippen molar-refractivity contribution in [2.75, 3.05) is 13.2 Å². The van der Waals surface area contributed by atoms with E-state index in [1.165, 1.54) is 30.4 Å². The van der Waals surface area contributed by atoms with Gasteiger partial charge in [0.15, 0.2) is 0 Å². The van der Waals surface area contributed by atoms with Gasteiger partial charge in [0.2, 0.25) is 5.91 Å². The van der Waals surface area contributed by atoms with E-state index in [0.717, 1.165) is 26.0 Å². The van der Waals surface area contributed by atoms with Crippen LogP contribution in [0.3, 0.4) is 0 Å². The number of aryl methyl sites for hydroxylation is 1. The number of hydrogen-bond acceptors (Lipinski definition) is 2. The maximum Gasteiger partial charge on any atom is 0.249 e. The number of rotatable bonds is 3. The van der Waals surface area contributed by atoms with Gasteiger partial charge in [-0.25, -0.2) is 0 Å². The summed E-state index contributed by atoms with van der Waals surface area (Å²) in [5, 5.41) is 3.07. The van der Waals surface area contributed by atoms with Gasteiger partial charge in [0, 0.05) is 19.1 Å². The second-order valence-corrected chi connectivity index (χ2v) is 5.53. The molecule has 3 nitrogen and oxygen atoms in total. The molecule has 3 heteroatoms. The van der Waals surface area contributed by atoms with Gasteiger partial charge in [-0.3, -0.25) is 4.79 Å². The first-order valence-electron chi connectivity index (χ1n) is 7.32. The van der Waals surface area contributed by atoms with E-state index in [2.05, 4.69) is 29.6 Å². The van der Waals surface area contributed by atoms with E-state index < -0.39 is 0 Å². The fourth-order valence-electron chi connectivity index (χ4n) is 3.19. The van der Waals surface area contributed by atoms with E-state index in [0.29, 0.717) is 5.92 Å². The number of benzene rings is 1. The standard InChI is InChI=1S/C16H21NO2/c18-16(15-9-4-10-19-15)17-11-13-7-3-6-12-5-1-2-8-14(12)13/h1-2,5,8,13,15H,3-4,6-7,9-11H2,(H,17,18). The first-order valence-corrected chi connectivity index (χ1v) is 7.32. The van der Waals surface area contributed by atoms with Crippen LogP contribution in [0.25, 0.3) is 0 Å². The summed E-state index contributed by atoms with van der Waals surface area (Å²) in [6, 6.07) is 8.62. The minimum absolute atomic E-state index is 0.0700. The molecule has 102 valence electrons. The van der Waals surface area contributed by atoms with Crippen molar-refractivity contribution in [1.29, 1.82) is 0 Å². The highest BCUT2D eigenvalue weighted by Crippen LogP contribution is 2.30. The van der Waals surface area contributed by atoms with E-state index in [9.17, 15) is 4.79 Å². The lowest BCUT2D eigenvalue weighted by molar-refractivity contribution is -0.130. The summed E-state index contributed by atoms with van der Waals surface area (Å²) < 4.78 is 5.41. The molecule has 0 radical (unpaired) electrons. The SMILES string of the molecule is O=C(NCC1CCCc2ccccc21)C1CCCO1. The van der Waals surface area contributed by atoms with Crippen molar-refractivity contribution >= 4 is 5.91 Å². The number of ether oxygens (including phenoxy) is 1. The third-order valence-electron chi connectivity index (χ3n) is 4.24. The minimum atomic E-state index is -0.209. The van der Waals surface area contributed by atoms with Crippen LogP contribution in [-0.4, -0.2) is 25.2 Å². The van der Waals surface area contributed by atoms with Crippen LogP contribution in [0.5, 0.6) is 0 Å². The van der Waals surface area contributed by atoms with Crippen LogP contribution in [-0.2, 0) is 16.0 Å². The zero-order valence-electron chi connectivity index (χ0n) is 11.2. The Morgan fingerprint density at radius 3 is 3.00 bits per heavy atom. The van der Waals surface area contributed by atoms with Gasteiger partial charge in [0.1, 0.15) is 6.10 Å². The molecule has 1 aliphatic carbocycles. The summed E-state index contributed by atoms with van der Waals surface area (Å²) in [4.78, 5) is 12.0. The molecule has 2 aliphatic rings. The second kappa shape index (κ2) is 5.74. The third kappa shape index (κ3) is 2.81. The number of amides is 1. The van der Waals surface area contributed by atoms with E-state index >= 15 is 0 Å². The first-order chi connectivity index (χ1) is 9.34. The predicted octanol–water partition coefficient (Wildman–Crippen LogP) is 2.40. The Hall–Kier alpha value is -1.35. The summed E-state index contributed by atoms with van der Waals surface area (Å²) in [5.74, 6) is 0.538. The Bertz CT molecular complexity index is 452. The van der Waals surface area contributed by atoms with Gasteiger partial charge in [-0.1, -0.05) is 24.3 Å². The smallest absolute Gasteiger partial charge is 0.249 e. The van der Waals surface area contributed by atoms with Crippen molar-refractivity contribution in [3.05, 3.63) is 35.4 Å². The van der Waals surface area contributed by atoms with Crippen LogP contribution >= 0.6 is 0 Å². The summed E-state index contributed by atoms with van der Waals surface area (Å²) in [6.07, 6.45) is 5.23. The zero-order valence-corrected chi connectivity index (χ0v) is 11.2. The largest absolute Gasteiger partial charge is 0.368 e. The molecule has 0 bridgehead atoms. The normalized spacial score (nSPS) is 25.9. The molecule has 0 spiro atoms. The fraction of sp³-hybridized carbons (Fsp3) is 0.562. The molecule has 2 atom stereocenters. The lowest BCUT2D eigenvalue weighted by Gasteiger charge is -2.26. The van der Waals surface area contributed by atoms with E-state index in [-0.39, 0.29) is 12.0 Å². The quantitative estimate of drug-likeness (QED) is 0.905. The molecule has 1 aromatic carbocycles. The average molecular weight is 259 g/mol. The summed E-state index contributed by atoms with van der Waals surface area (Å²) in [6.45, 7) is 1.47. The monoisotopic (exact) mass is 259 g/mol. The van der Waals surface area contributed by atoms with E-state index in [1.807, 2.05) is 0 Å². The molecule has 1 saturated heterocycles. The van der Waals surface area contributed by atoms with Crippen LogP contribution in [0.15, 0.2) is 24.3 Å². The molecule has 0 aromatic heterocycles. The summed E-state index contributed by atoms with van der Waals surface area (Å²) in [5.41, 5.74) is 2.87. The van der Waals surface area contributed by atoms with Gasteiger partial charge in [-0.2, -0.15) is 0 Å². The van der Waals surface area contributed by atoms with Gasteiger partial charge in [0.25, 0.3) is 0 Å². The molecule has 2 unspecified atom stereocenters. The topological polar surface area (TPSA) is 38.3 Å². The molecule has 1 aliphatic heterocycles. The molecule has 0 saturated carbocycles. The number of nitrogens with one attached hydrogen (secondary N) is 1. The highest BCUT2D eigenvalue weighted by atomic mass is 16.5.